The van der Waals surface area contributed by atoms with Gasteiger partial charge in [-0.15, -0.1) is 0 Å². The Morgan fingerprint density at radius 1 is 1.47 bits per heavy atom. The highest BCUT2D eigenvalue weighted by atomic mass is 127. The number of carbonyl (C=O) groups is 2. The van der Waals surface area contributed by atoms with Crippen LogP contribution in [0.1, 0.15) is 12.8 Å². The molecule has 19 heavy (non-hydrogen) atoms. The summed E-state index contributed by atoms with van der Waals surface area (Å²) >= 11 is 2.17. The Morgan fingerprint density at radius 2 is 2.26 bits per heavy atom. The molecule has 1 unspecified atom stereocenters. The molecule has 2 N–H and O–H groups in total. The number of aliphatic carboxylic acids is 1. The van der Waals surface area contributed by atoms with Gasteiger partial charge in [-0.05, 0) is 60.2 Å². The normalized spacial score (nSPS) is 19.3. The molecule has 102 valence electrons. The molecule has 0 aliphatic carbocycles. The van der Waals surface area contributed by atoms with Gasteiger partial charge in [0.25, 0.3) is 0 Å². The second-order valence-electron chi connectivity index (χ2n) is 4.53. The van der Waals surface area contributed by atoms with Crippen LogP contribution in [0.3, 0.4) is 0 Å². The monoisotopic (exact) mass is 374 g/mol. The summed E-state index contributed by atoms with van der Waals surface area (Å²) in [7, 11) is 0. The SMILES string of the molecule is O=C(CN1CCCC1C(=O)O)Nc1cccc(I)c1. The summed E-state index contributed by atoms with van der Waals surface area (Å²) in [6, 6.07) is 6.97. The van der Waals surface area contributed by atoms with Gasteiger partial charge in [0, 0.05) is 9.26 Å². The van der Waals surface area contributed by atoms with Crippen molar-refractivity contribution in [3.8, 4) is 0 Å². The Hall–Kier alpha value is -1.15. The van der Waals surface area contributed by atoms with Crippen molar-refractivity contribution in [1.82, 2.24) is 4.90 Å². The molecule has 1 saturated heterocycles. The van der Waals surface area contributed by atoms with Crippen molar-refractivity contribution < 1.29 is 14.7 Å². The van der Waals surface area contributed by atoms with Gasteiger partial charge >= 0.3 is 5.97 Å². The van der Waals surface area contributed by atoms with Crippen LogP contribution in [-0.4, -0.2) is 41.0 Å². The van der Waals surface area contributed by atoms with Crippen molar-refractivity contribution in [1.29, 1.82) is 0 Å². The van der Waals surface area contributed by atoms with Gasteiger partial charge in [-0.3, -0.25) is 14.5 Å². The lowest BCUT2D eigenvalue weighted by molar-refractivity contribution is -0.142. The second kappa shape index (κ2) is 6.33. The van der Waals surface area contributed by atoms with Crippen LogP contribution < -0.4 is 5.32 Å². The van der Waals surface area contributed by atoms with Crippen LogP contribution in [0.15, 0.2) is 24.3 Å². The van der Waals surface area contributed by atoms with Gasteiger partial charge in [0.2, 0.25) is 5.91 Å². The van der Waals surface area contributed by atoms with E-state index in [1.54, 1.807) is 4.90 Å². The van der Waals surface area contributed by atoms with E-state index in [-0.39, 0.29) is 12.5 Å². The minimum atomic E-state index is -0.848. The molecular weight excluding hydrogens is 359 g/mol. The van der Waals surface area contributed by atoms with E-state index >= 15 is 0 Å². The number of nitrogens with zero attached hydrogens (tertiary/aromatic N) is 1. The first-order chi connectivity index (χ1) is 9.06. The fourth-order valence-electron chi connectivity index (χ4n) is 2.25. The second-order valence-corrected chi connectivity index (χ2v) is 5.77. The number of nitrogens with one attached hydrogen (secondary N) is 1. The zero-order valence-electron chi connectivity index (χ0n) is 10.3. The lowest BCUT2D eigenvalue weighted by Crippen LogP contribution is -2.40. The third-order valence-corrected chi connectivity index (χ3v) is 3.77. The zero-order chi connectivity index (χ0) is 13.8. The van der Waals surface area contributed by atoms with E-state index in [1.807, 2.05) is 24.3 Å². The summed E-state index contributed by atoms with van der Waals surface area (Å²) in [6.45, 7) is 0.791. The molecule has 1 aliphatic rings. The first-order valence-corrected chi connectivity index (χ1v) is 7.16. The number of hydrogen-bond acceptors (Lipinski definition) is 3. The van der Waals surface area contributed by atoms with Gasteiger partial charge in [-0.25, -0.2) is 0 Å². The summed E-state index contributed by atoms with van der Waals surface area (Å²) in [6.07, 6.45) is 1.44. The van der Waals surface area contributed by atoms with Gasteiger partial charge in [0.1, 0.15) is 6.04 Å². The summed E-state index contributed by atoms with van der Waals surface area (Å²) in [5.74, 6) is -1.02. The summed E-state index contributed by atoms with van der Waals surface area (Å²) < 4.78 is 1.04. The highest BCUT2D eigenvalue weighted by molar-refractivity contribution is 14.1. The maximum Gasteiger partial charge on any atom is 0.320 e. The molecule has 1 atom stereocenters. The van der Waals surface area contributed by atoms with E-state index in [4.69, 9.17) is 5.11 Å². The number of anilines is 1. The van der Waals surface area contributed by atoms with Crippen molar-refractivity contribution in [2.45, 2.75) is 18.9 Å². The predicted molar refractivity (Wildman–Crippen MR) is 80.0 cm³/mol. The van der Waals surface area contributed by atoms with Crippen molar-refractivity contribution in [3.63, 3.8) is 0 Å². The molecule has 1 fully saturated rings. The summed E-state index contributed by atoms with van der Waals surface area (Å²) in [5, 5.41) is 11.8. The topological polar surface area (TPSA) is 69.6 Å². The maximum absolute atomic E-state index is 11.9. The van der Waals surface area contributed by atoms with Crippen LogP contribution in [0.5, 0.6) is 0 Å². The third-order valence-electron chi connectivity index (χ3n) is 3.10. The molecule has 1 aromatic rings. The molecule has 0 aromatic heterocycles. The number of carboxylic acids is 1. The number of rotatable bonds is 4. The minimum absolute atomic E-state index is 0.127. The third kappa shape index (κ3) is 3.90. The van der Waals surface area contributed by atoms with Gasteiger partial charge < -0.3 is 10.4 Å². The molecule has 1 heterocycles. The van der Waals surface area contributed by atoms with Crippen molar-refractivity contribution in [2.24, 2.45) is 0 Å². The zero-order valence-corrected chi connectivity index (χ0v) is 12.5. The Balaban J connectivity index is 1.92. The lowest BCUT2D eigenvalue weighted by Gasteiger charge is -2.20. The van der Waals surface area contributed by atoms with Crippen molar-refractivity contribution in [2.75, 3.05) is 18.4 Å². The lowest BCUT2D eigenvalue weighted by atomic mass is 10.2. The van der Waals surface area contributed by atoms with Crippen molar-refractivity contribution >= 4 is 40.2 Å². The Kier molecular flexibility index (Phi) is 4.76. The van der Waals surface area contributed by atoms with Crippen LogP contribution in [0, 0.1) is 3.57 Å². The Bertz CT molecular complexity index is 493. The summed E-state index contributed by atoms with van der Waals surface area (Å²) in [4.78, 5) is 24.6. The fraction of sp³-hybridized carbons (Fsp3) is 0.385. The van der Waals surface area contributed by atoms with Crippen LogP contribution in [0.2, 0.25) is 0 Å². The van der Waals surface area contributed by atoms with Gasteiger partial charge in [0.05, 0.1) is 6.54 Å². The van der Waals surface area contributed by atoms with Gasteiger partial charge in [-0.1, -0.05) is 6.07 Å². The van der Waals surface area contributed by atoms with Crippen LogP contribution in [0.4, 0.5) is 5.69 Å². The van der Waals surface area contributed by atoms with E-state index in [0.29, 0.717) is 13.0 Å². The predicted octanol–water partition coefficient (Wildman–Crippen LogP) is 1.78. The number of likely N-dealkylation sites (tertiary alicyclic amines) is 1. The van der Waals surface area contributed by atoms with E-state index < -0.39 is 12.0 Å². The fourth-order valence-corrected chi connectivity index (χ4v) is 2.79. The average Bonchev–Trinajstić information content (AvgIpc) is 2.76. The van der Waals surface area contributed by atoms with Gasteiger partial charge in [0.15, 0.2) is 0 Å². The number of amides is 1. The smallest absolute Gasteiger partial charge is 0.320 e. The Labute approximate surface area is 125 Å². The number of hydrogen-bond donors (Lipinski definition) is 2. The van der Waals surface area contributed by atoms with Crippen molar-refractivity contribution in [3.05, 3.63) is 27.8 Å². The van der Waals surface area contributed by atoms with E-state index in [2.05, 4.69) is 27.9 Å². The molecule has 2 rings (SSSR count). The first-order valence-electron chi connectivity index (χ1n) is 6.08. The van der Waals surface area contributed by atoms with E-state index in [9.17, 15) is 9.59 Å². The maximum atomic E-state index is 11.9. The molecule has 5 nitrogen and oxygen atoms in total. The van der Waals surface area contributed by atoms with Crippen LogP contribution in [0.25, 0.3) is 0 Å². The van der Waals surface area contributed by atoms with E-state index in [1.165, 1.54) is 0 Å². The van der Waals surface area contributed by atoms with Crippen LogP contribution in [-0.2, 0) is 9.59 Å². The molecule has 0 radical (unpaired) electrons. The molecular formula is C13H15IN2O3. The highest BCUT2D eigenvalue weighted by Crippen LogP contribution is 2.17. The Morgan fingerprint density at radius 3 is 2.95 bits per heavy atom. The highest BCUT2D eigenvalue weighted by Gasteiger charge is 2.31. The number of halogens is 1. The molecule has 1 aromatic carbocycles. The number of carbonyl (C=O) groups excluding carboxylic acids is 1. The standard InChI is InChI=1S/C13H15IN2O3/c14-9-3-1-4-10(7-9)15-12(17)8-16-6-2-5-11(16)13(18)19/h1,3-4,7,11H,2,5-6,8H2,(H,15,17)(H,18,19). The van der Waals surface area contributed by atoms with Gasteiger partial charge in [-0.2, -0.15) is 0 Å². The molecule has 1 amide bonds. The quantitative estimate of drug-likeness (QED) is 0.789. The largest absolute Gasteiger partial charge is 0.480 e. The first kappa shape index (κ1) is 14.3. The van der Waals surface area contributed by atoms with E-state index in [0.717, 1.165) is 15.7 Å². The molecule has 0 saturated carbocycles. The number of carboxylic acid groups (broad SMARTS) is 1. The molecule has 6 heteroatoms. The average molecular weight is 374 g/mol. The molecule has 0 bridgehead atoms. The minimum Gasteiger partial charge on any atom is -0.480 e. The van der Waals surface area contributed by atoms with Crippen LogP contribution >= 0.6 is 22.6 Å². The summed E-state index contributed by atoms with van der Waals surface area (Å²) in [5.41, 5.74) is 0.739. The molecule has 1 aliphatic heterocycles. The number of benzene rings is 1. The molecule has 0 spiro atoms.